The fourth-order valence-electron chi connectivity index (χ4n) is 6.74. The Bertz CT molecular complexity index is 3770. The van der Waals surface area contributed by atoms with Crippen molar-refractivity contribution < 1.29 is 29.1 Å². The first-order valence-electron chi connectivity index (χ1n) is 24.4. The number of hydrogen-bond acceptors (Lipinski definition) is 1. The van der Waals surface area contributed by atoms with Crippen LogP contribution in [0.1, 0.15) is 24.7 Å². The molecule has 10 rings (SSSR count). The molecule has 228 valence electrons. The van der Waals surface area contributed by atoms with Crippen LogP contribution < -0.4 is 0 Å². The molecule has 0 bridgehead atoms. The van der Waals surface area contributed by atoms with E-state index in [0.29, 0.717) is 5.56 Å². The maximum atomic E-state index is 9.61. The summed E-state index contributed by atoms with van der Waals surface area (Å²) < 4.78 is 167. The van der Waals surface area contributed by atoms with Gasteiger partial charge in [-0.1, -0.05) is 163 Å². The number of furan rings is 1. The summed E-state index contributed by atoms with van der Waals surface area (Å²) in [5.74, 6) is 0.0565. The van der Waals surface area contributed by atoms with Gasteiger partial charge in [-0.25, -0.2) is 0 Å². The van der Waals surface area contributed by atoms with Gasteiger partial charge in [0.25, 0.3) is 0 Å². The minimum Gasteiger partial charge on any atom is -0.455 e. The fraction of sp³-hybridized carbons (Fsp3) is 0. The van der Waals surface area contributed by atoms with E-state index in [4.69, 9.17) is 23.6 Å². The SMILES string of the molecule is [2H]c1c([2H])c([2H])c(-c2ccc3oc(-c4ccc5ccc6ccccc6c5c4)c(-c4c5c([2H])c([2H])c([2H])c([2H])c5c(-c5c([2H])c([2H])c([2H])c([2H])c5[2H])c5c([2H])c([2H])c([2H])c([2H])c45)c3c2)c([2H])c1[2H]. The van der Waals surface area contributed by atoms with E-state index in [1.54, 1.807) is 6.07 Å². The van der Waals surface area contributed by atoms with Gasteiger partial charge in [0.15, 0.2) is 0 Å². The molecule has 1 aromatic heterocycles. The zero-order valence-electron chi connectivity index (χ0n) is 43.3. The van der Waals surface area contributed by atoms with Crippen LogP contribution in [0.4, 0.5) is 0 Å². The average molecular weight is 641 g/mol. The summed E-state index contributed by atoms with van der Waals surface area (Å²) in [4.78, 5) is 0. The Morgan fingerprint density at radius 2 is 0.878 bits per heavy atom. The van der Waals surface area contributed by atoms with Crippen molar-refractivity contribution in [3.8, 4) is 44.7 Å². The van der Waals surface area contributed by atoms with E-state index >= 15 is 0 Å². The van der Waals surface area contributed by atoms with Gasteiger partial charge in [0.2, 0.25) is 0 Å². The Balaban J connectivity index is 1.50. The fourth-order valence-corrected chi connectivity index (χ4v) is 6.74. The van der Waals surface area contributed by atoms with Gasteiger partial charge in [-0.05, 0) is 83.5 Å². The Morgan fingerprint density at radius 1 is 0.347 bits per heavy atom. The molecular weight excluding hydrogens is 593 g/mol. The monoisotopic (exact) mass is 640 g/mol. The average Bonchev–Trinajstić information content (AvgIpc) is 3.71. The third-order valence-corrected chi connectivity index (χ3v) is 8.86. The molecule has 0 saturated heterocycles. The zero-order chi connectivity index (χ0) is 48.0. The molecule has 0 atom stereocenters. The topological polar surface area (TPSA) is 13.1 Å². The van der Waals surface area contributed by atoms with Gasteiger partial charge in [-0.2, -0.15) is 0 Å². The van der Waals surface area contributed by atoms with Gasteiger partial charge in [0, 0.05) is 22.1 Å². The molecule has 1 heteroatoms. The van der Waals surface area contributed by atoms with Crippen LogP contribution in [-0.2, 0) is 0 Å². The Hall–Kier alpha value is -6.44. The molecule has 0 saturated carbocycles. The number of hydrogen-bond donors (Lipinski definition) is 0. The van der Waals surface area contributed by atoms with E-state index in [2.05, 4.69) is 0 Å². The highest BCUT2D eigenvalue weighted by molar-refractivity contribution is 6.25. The second kappa shape index (κ2) is 11.1. The minimum atomic E-state index is -0.796. The lowest BCUT2D eigenvalue weighted by Gasteiger charge is -2.18. The minimum absolute atomic E-state index is 0.0291. The van der Waals surface area contributed by atoms with Crippen LogP contribution in [0, 0.1) is 0 Å². The standard InChI is InChI=1S/C48H30O/c1-3-13-31(14-4-1)35-27-28-44-43(29-35)47(48(49-44)36-26-25-33-24-23-32-15-7-8-18-37(32)42(33)30-36)46-40-21-11-9-19-38(40)45(34-16-5-2-6-17-34)39-20-10-12-22-41(39)46/h1-30H/i1D,2D,3D,4D,5D,6D,9D,10D,11D,12D,13D,14D,16D,17D,19D,20D,21D,22D. The zero-order valence-corrected chi connectivity index (χ0v) is 25.3. The summed E-state index contributed by atoms with van der Waals surface area (Å²) in [5.41, 5.74) is -0.675. The van der Waals surface area contributed by atoms with Gasteiger partial charge in [0.05, 0.1) is 24.7 Å². The normalized spacial score (nSPS) is 16.8. The van der Waals surface area contributed by atoms with Gasteiger partial charge in [0.1, 0.15) is 11.3 Å². The summed E-state index contributed by atoms with van der Waals surface area (Å²) in [6, 6.07) is 8.84. The number of benzene rings is 9. The molecule has 0 aliphatic rings. The quantitative estimate of drug-likeness (QED) is 0.138. The van der Waals surface area contributed by atoms with Gasteiger partial charge < -0.3 is 4.42 Å². The molecule has 9 aromatic carbocycles. The van der Waals surface area contributed by atoms with E-state index < -0.39 is 131 Å². The van der Waals surface area contributed by atoms with E-state index in [-0.39, 0.29) is 49.8 Å². The number of rotatable bonds is 4. The molecule has 0 aliphatic heterocycles. The van der Waals surface area contributed by atoms with Crippen molar-refractivity contribution in [2.75, 3.05) is 0 Å². The molecule has 0 N–H and O–H groups in total. The van der Waals surface area contributed by atoms with Crippen molar-refractivity contribution >= 4 is 54.1 Å². The Labute approximate surface area is 309 Å². The highest BCUT2D eigenvalue weighted by atomic mass is 16.3. The van der Waals surface area contributed by atoms with Crippen molar-refractivity contribution in [1.29, 1.82) is 0 Å². The van der Waals surface area contributed by atoms with Gasteiger partial charge >= 0.3 is 0 Å². The third-order valence-electron chi connectivity index (χ3n) is 8.86. The molecular formula is C48H30O. The van der Waals surface area contributed by atoms with Crippen LogP contribution in [0.15, 0.2) is 186 Å². The molecule has 0 fully saturated rings. The predicted molar refractivity (Wildman–Crippen MR) is 208 cm³/mol. The summed E-state index contributed by atoms with van der Waals surface area (Å²) in [5, 5.41) is 2.09. The lowest BCUT2D eigenvalue weighted by atomic mass is 9.84. The van der Waals surface area contributed by atoms with Crippen LogP contribution >= 0.6 is 0 Å². The Morgan fingerprint density at radius 3 is 1.57 bits per heavy atom. The van der Waals surface area contributed by atoms with Gasteiger partial charge in [-0.15, -0.1) is 0 Å². The van der Waals surface area contributed by atoms with E-state index in [9.17, 15) is 5.48 Å². The molecule has 0 unspecified atom stereocenters. The molecule has 10 aromatic rings. The third kappa shape index (κ3) is 4.40. The maximum Gasteiger partial charge on any atom is 0.143 e. The lowest BCUT2D eigenvalue weighted by Crippen LogP contribution is -1.91. The van der Waals surface area contributed by atoms with Crippen molar-refractivity contribution in [3.63, 3.8) is 0 Å². The number of fused-ring (bicyclic) bond motifs is 6. The predicted octanol–water partition coefficient (Wildman–Crippen LogP) is 13.7. The summed E-state index contributed by atoms with van der Waals surface area (Å²) in [7, 11) is 0. The van der Waals surface area contributed by atoms with E-state index in [1.165, 1.54) is 18.2 Å². The van der Waals surface area contributed by atoms with Crippen LogP contribution in [0.25, 0.3) is 98.8 Å². The van der Waals surface area contributed by atoms with Crippen LogP contribution in [0.3, 0.4) is 0 Å². The molecule has 1 nitrogen and oxygen atoms in total. The molecule has 0 spiro atoms. The van der Waals surface area contributed by atoms with Crippen molar-refractivity contribution in [2.45, 2.75) is 0 Å². The van der Waals surface area contributed by atoms with E-state index in [0.717, 1.165) is 21.5 Å². The molecule has 0 radical (unpaired) electrons. The first-order valence-corrected chi connectivity index (χ1v) is 15.4. The molecule has 0 aliphatic carbocycles. The summed E-state index contributed by atoms with van der Waals surface area (Å²) >= 11 is 0. The maximum absolute atomic E-state index is 9.61. The van der Waals surface area contributed by atoms with E-state index in [1.807, 2.05) is 48.5 Å². The molecule has 1 heterocycles. The second-order valence-corrected chi connectivity index (χ2v) is 11.5. The van der Waals surface area contributed by atoms with Crippen LogP contribution in [-0.4, -0.2) is 0 Å². The summed E-state index contributed by atoms with van der Waals surface area (Å²) in [6.45, 7) is 0. The lowest BCUT2D eigenvalue weighted by molar-refractivity contribution is 0.632. The largest absolute Gasteiger partial charge is 0.455 e. The van der Waals surface area contributed by atoms with Crippen molar-refractivity contribution in [2.24, 2.45) is 0 Å². The molecule has 49 heavy (non-hydrogen) atoms. The highest BCUT2D eigenvalue weighted by Gasteiger charge is 2.24. The van der Waals surface area contributed by atoms with Gasteiger partial charge in [-0.3, -0.25) is 0 Å². The van der Waals surface area contributed by atoms with Crippen molar-refractivity contribution in [3.05, 3.63) is 182 Å². The first kappa shape index (κ1) is 15.2. The first-order chi connectivity index (χ1) is 31.8. The highest BCUT2D eigenvalue weighted by Crippen LogP contribution is 2.50. The van der Waals surface area contributed by atoms with Crippen LogP contribution in [0.5, 0.6) is 0 Å². The molecule has 0 amide bonds. The van der Waals surface area contributed by atoms with Crippen molar-refractivity contribution in [1.82, 2.24) is 0 Å². The second-order valence-electron chi connectivity index (χ2n) is 11.5. The van der Waals surface area contributed by atoms with Crippen LogP contribution in [0.2, 0.25) is 0 Å². The Kier molecular flexibility index (Phi) is 3.43. The smallest absolute Gasteiger partial charge is 0.143 e. The summed E-state index contributed by atoms with van der Waals surface area (Å²) in [6.07, 6.45) is 0.